The Balaban J connectivity index is 1.83. The second kappa shape index (κ2) is 3.62. The zero-order valence-corrected chi connectivity index (χ0v) is 8.82. The van der Waals surface area contributed by atoms with Gasteiger partial charge in [-0.05, 0) is 29.9 Å². The summed E-state index contributed by atoms with van der Waals surface area (Å²) in [5.74, 6) is 0.522. The molecule has 0 bridgehead atoms. The van der Waals surface area contributed by atoms with Gasteiger partial charge in [-0.25, -0.2) is 0 Å². The quantitative estimate of drug-likeness (QED) is 0.770. The Hall–Kier alpha value is -0.860. The van der Waals surface area contributed by atoms with Crippen molar-refractivity contribution in [3.63, 3.8) is 0 Å². The van der Waals surface area contributed by atoms with Crippen LogP contribution in [0, 0.1) is 5.92 Å². The number of hydrogen-bond acceptors (Lipinski definition) is 2. The maximum absolute atomic E-state index is 10.3. The molecule has 2 unspecified atom stereocenters. The van der Waals surface area contributed by atoms with E-state index in [1.807, 2.05) is 0 Å². The van der Waals surface area contributed by atoms with Crippen molar-refractivity contribution in [2.24, 2.45) is 5.92 Å². The molecule has 1 aromatic rings. The molecule has 2 nitrogen and oxygen atoms in total. The molecule has 1 aromatic carbocycles. The van der Waals surface area contributed by atoms with E-state index in [-0.39, 0.29) is 12.1 Å². The molecule has 0 amide bonds. The van der Waals surface area contributed by atoms with Crippen molar-refractivity contribution in [3.8, 4) is 0 Å². The van der Waals surface area contributed by atoms with Gasteiger partial charge in [0.1, 0.15) is 0 Å². The molecule has 1 saturated carbocycles. The topological polar surface area (TPSA) is 32.3 Å². The zero-order chi connectivity index (χ0) is 10.3. The highest BCUT2D eigenvalue weighted by Crippen LogP contribution is 2.38. The molecule has 2 atom stereocenters. The van der Waals surface area contributed by atoms with Crippen molar-refractivity contribution >= 4 is 0 Å². The molecule has 0 radical (unpaired) electrons. The van der Waals surface area contributed by atoms with Crippen molar-refractivity contribution in [2.75, 3.05) is 0 Å². The fourth-order valence-electron chi connectivity index (χ4n) is 2.69. The molecule has 1 aliphatic heterocycles. The van der Waals surface area contributed by atoms with E-state index in [0.29, 0.717) is 5.92 Å². The second-order valence-electron chi connectivity index (χ2n) is 4.74. The third-order valence-corrected chi connectivity index (χ3v) is 3.88. The molecule has 15 heavy (non-hydrogen) atoms. The Morgan fingerprint density at radius 2 is 2.07 bits per heavy atom. The number of hydrogen-bond donors (Lipinski definition) is 2. The van der Waals surface area contributed by atoms with Crippen LogP contribution < -0.4 is 5.32 Å². The predicted molar refractivity (Wildman–Crippen MR) is 59.4 cm³/mol. The number of benzene rings is 1. The summed E-state index contributed by atoms with van der Waals surface area (Å²) < 4.78 is 0. The van der Waals surface area contributed by atoms with Gasteiger partial charge in [0.05, 0.1) is 12.1 Å². The van der Waals surface area contributed by atoms with E-state index < -0.39 is 0 Å². The summed E-state index contributed by atoms with van der Waals surface area (Å²) in [6.45, 7) is 0.907. The summed E-state index contributed by atoms with van der Waals surface area (Å²) in [6, 6.07) is 8.59. The van der Waals surface area contributed by atoms with Gasteiger partial charge in [-0.3, -0.25) is 0 Å². The Morgan fingerprint density at radius 3 is 2.80 bits per heavy atom. The van der Waals surface area contributed by atoms with Gasteiger partial charge in [-0.1, -0.05) is 30.7 Å². The molecule has 1 fully saturated rings. The minimum atomic E-state index is -0.192. The van der Waals surface area contributed by atoms with E-state index in [1.54, 1.807) is 0 Å². The molecule has 2 heteroatoms. The van der Waals surface area contributed by atoms with Gasteiger partial charge in [0, 0.05) is 6.54 Å². The number of fused-ring (bicyclic) bond motifs is 1. The summed E-state index contributed by atoms with van der Waals surface area (Å²) >= 11 is 0. The monoisotopic (exact) mass is 203 g/mol. The van der Waals surface area contributed by atoms with E-state index in [9.17, 15) is 5.11 Å². The van der Waals surface area contributed by atoms with Crippen LogP contribution in [0.5, 0.6) is 0 Å². The second-order valence-corrected chi connectivity index (χ2v) is 4.74. The maximum atomic E-state index is 10.3. The highest BCUT2D eigenvalue weighted by atomic mass is 16.3. The Morgan fingerprint density at radius 1 is 1.27 bits per heavy atom. The molecule has 1 aliphatic carbocycles. The van der Waals surface area contributed by atoms with E-state index in [0.717, 1.165) is 6.54 Å². The van der Waals surface area contributed by atoms with Gasteiger partial charge in [-0.15, -0.1) is 0 Å². The molecule has 0 aromatic heterocycles. The summed E-state index contributed by atoms with van der Waals surface area (Å²) in [7, 11) is 0. The number of aliphatic hydroxyl groups is 1. The van der Waals surface area contributed by atoms with E-state index >= 15 is 0 Å². The van der Waals surface area contributed by atoms with Crippen LogP contribution in [-0.2, 0) is 6.54 Å². The van der Waals surface area contributed by atoms with Crippen LogP contribution in [0.4, 0.5) is 0 Å². The van der Waals surface area contributed by atoms with Crippen molar-refractivity contribution in [1.29, 1.82) is 0 Å². The average Bonchev–Trinajstić information content (AvgIpc) is 2.58. The van der Waals surface area contributed by atoms with Gasteiger partial charge in [0.2, 0.25) is 0 Å². The average molecular weight is 203 g/mol. The lowest BCUT2D eigenvalue weighted by molar-refractivity contribution is 0.0332. The number of rotatable bonds is 2. The molecular weight excluding hydrogens is 186 g/mol. The fourth-order valence-corrected chi connectivity index (χ4v) is 2.69. The highest BCUT2D eigenvalue weighted by Gasteiger charge is 2.35. The highest BCUT2D eigenvalue weighted by molar-refractivity contribution is 5.34. The molecule has 2 aliphatic rings. The first-order chi connectivity index (χ1) is 7.36. The molecule has 1 heterocycles. The predicted octanol–water partition coefficient (Wildman–Crippen LogP) is 1.99. The van der Waals surface area contributed by atoms with Crippen molar-refractivity contribution in [3.05, 3.63) is 35.4 Å². The Bertz CT molecular complexity index is 359. The standard InChI is InChI=1S/C13H17NO/c15-13(9-5-3-6-9)12-11-7-2-1-4-10(11)8-14-12/h1-2,4,7,9,12-15H,3,5-6,8H2. The molecule has 2 N–H and O–H groups in total. The summed E-state index contributed by atoms with van der Waals surface area (Å²) in [5, 5.41) is 13.7. The zero-order valence-electron chi connectivity index (χ0n) is 8.82. The van der Waals surface area contributed by atoms with E-state index in [1.165, 1.54) is 30.4 Å². The molecular formula is C13H17NO. The number of nitrogens with one attached hydrogen (secondary N) is 1. The molecule has 0 spiro atoms. The van der Waals surface area contributed by atoms with Crippen LogP contribution >= 0.6 is 0 Å². The van der Waals surface area contributed by atoms with Gasteiger partial charge >= 0.3 is 0 Å². The van der Waals surface area contributed by atoms with Crippen molar-refractivity contribution in [1.82, 2.24) is 5.32 Å². The van der Waals surface area contributed by atoms with Crippen LogP contribution in [0.3, 0.4) is 0 Å². The van der Waals surface area contributed by atoms with Gasteiger partial charge < -0.3 is 10.4 Å². The van der Waals surface area contributed by atoms with Crippen molar-refractivity contribution in [2.45, 2.75) is 38.0 Å². The van der Waals surface area contributed by atoms with Crippen LogP contribution in [-0.4, -0.2) is 11.2 Å². The first-order valence-corrected chi connectivity index (χ1v) is 5.85. The summed E-state index contributed by atoms with van der Waals surface area (Å²) in [6.07, 6.45) is 3.49. The third kappa shape index (κ3) is 1.48. The van der Waals surface area contributed by atoms with Crippen LogP contribution in [0.2, 0.25) is 0 Å². The fraction of sp³-hybridized carbons (Fsp3) is 0.538. The first kappa shape index (κ1) is 9.37. The summed E-state index contributed by atoms with van der Waals surface area (Å²) in [4.78, 5) is 0. The lowest BCUT2D eigenvalue weighted by Gasteiger charge is -2.34. The Kier molecular flexibility index (Phi) is 2.26. The lowest BCUT2D eigenvalue weighted by Crippen LogP contribution is -2.36. The lowest BCUT2D eigenvalue weighted by atomic mass is 9.77. The van der Waals surface area contributed by atoms with Gasteiger partial charge in [0.15, 0.2) is 0 Å². The molecule has 0 saturated heterocycles. The SMILES string of the molecule is OC(C1CCC1)C1NCc2ccccc21. The number of aliphatic hydroxyl groups excluding tert-OH is 1. The summed E-state index contributed by atoms with van der Waals surface area (Å²) in [5.41, 5.74) is 2.65. The van der Waals surface area contributed by atoms with Gasteiger partial charge in [-0.2, -0.15) is 0 Å². The van der Waals surface area contributed by atoms with E-state index in [2.05, 4.69) is 29.6 Å². The van der Waals surface area contributed by atoms with Crippen molar-refractivity contribution < 1.29 is 5.11 Å². The molecule has 3 rings (SSSR count). The van der Waals surface area contributed by atoms with Crippen LogP contribution in [0.15, 0.2) is 24.3 Å². The minimum absolute atomic E-state index is 0.173. The van der Waals surface area contributed by atoms with Crippen LogP contribution in [0.1, 0.15) is 36.4 Å². The van der Waals surface area contributed by atoms with Gasteiger partial charge in [0.25, 0.3) is 0 Å². The van der Waals surface area contributed by atoms with E-state index in [4.69, 9.17) is 0 Å². The molecule has 80 valence electrons. The normalized spacial score (nSPS) is 27.1. The minimum Gasteiger partial charge on any atom is -0.391 e. The third-order valence-electron chi connectivity index (χ3n) is 3.88. The maximum Gasteiger partial charge on any atom is 0.0763 e. The largest absolute Gasteiger partial charge is 0.391 e. The Labute approximate surface area is 90.3 Å². The van der Waals surface area contributed by atoms with Crippen LogP contribution in [0.25, 0.3) is 0 Å². The first-order valence-electron chi connectivity index (χ1n) is 5.85. The smallest absolute Gasteiger partial charge is 0.0763 e.